The molecule has 0 saturated heterocycles. The van der Waals surface area contributed by atoms with E-state index >= 15 is 0 Å². The normalized spacial score (nSPS) is 12.8. The van der Waals surface area contributed by atoms with Crippen LogP contribution in [0.3, 0.4) is 0 Å². The predicted octanol–water partition coefficient (Wildman–Crippen LogP) is 4.63. The zero-order valence-corrected chi connectivity index (χ0v) is 18.8. The van der Waals surface area contributed by atoms with Crippen LogP contribution in [0.4, 0.5) is 5.69 Å². The van der Waals surface area contributed by atoms with E-state index in [0.717, 1.165) is 35.5 Å². The highest BCUT2D eigenvalue weighted by Gasteiger charge is 2.25. The largest absolute Gasteiger partial charge is 0.311 e. The number of fused-ring (bicyclic) bond motifs is 1. The molecular formula is C25H23N5OS. The molecule has 0 N–H and O–H groups in total. The molecule has 1 aliphatic heterocycles. The Morgan fingerprint density at radius 2 is 1.91 bits per heavy atom. The van der Waals surface area contributed by atoms with Crippen LogP contribution >= 0.6 is 11.8 Å². The molecule has 1 amide bonds. The van der Waals surface area contributed by atoms with Gasteiger partial charge in [-0.2, -0.15) is 0 Å². The summed E-state index contributed by atoms with van der Waals surface area (Å²) in [7, 11) is 0. The number of hydrogen-bond acceptors (Lipinski definition) is 5. The molecule has 0 atom stereocenters. The van der Waals surface area contributed by atoms with E-state index in [1.165, 1.54) is 22.9 Å². The van der Waals surface area contributed by atoms with Gasteiger partial charge in [0.05, 0.1) is 11.4 Å². The first-order chi connectivity index (χ1) is 15.6. The monoisotopic (exact) mass is 441 g/mol. The summed E-state index contributed by atoms with van der Waals surface area (Å²) in [6.07, 6.45) is 4.42. The molecule has 0 radical (unpaired) electrons. The SMILES string of the molecule is Cc1ccc(-n2c(SCC(=O)N3CCc4ccccc43)nnc2-c2cccnc2)c(C)c1. The summed E-state index contributed by atoms with van der Waals surface area (Å²) in [5, 5.41) is 9.61. The van der Waals surface area contributed by atoms with Crippen molar-refractivity contribution < 1.29 is 4.79 Å². The van der Waals surface area contributed by atoms with Gasteiger partial charge in [0.1, 0.15) is 0 Å². The number of aromatic nitrogens is 4. The molecule has 5 rings (SSSR count). The van der Waals surface area contributed by atoms with Gasteiger partial charge in [0.15, 0.2) is 11.0 Å². The fraction of sp³-hybridized carbons (Fsp3) is 0.200. The fourth-order valence-corrected chi connectivity index (χ4v) is 4.94. The van der Waals surface area contributed by atoms with E-state index < -0.39 is 0 Å². The van der Waals surface area contributed by atoms with E-state index in [9.17, 15) is 4.79 Å². The maximum atomic E-state index is 13.1. The van der Waals surface area contributed by atoms with Crippen LogP contribution in [-0.4, -0.2) is 38.0 Å². The van der Waals surface area contributed by atoms with E-state index in [-0.39, 0.29) is 5.91 Å². The van der Waals surface area contributed by atoms with Crippen LogP contribution in [0.5, 0.6) is 0 Å². The number of benzene rings is 2. The molecule has 0 spiro atoms. The Balaban J connectivity index is 1.47. The summed E-state index contributed by atoms with van der Waals surface area (Å²) >= 11 is 1.42. The molecule has 0 fully saturated rings. The van der Waals surface area contributed by atoms with Gasteiger partial charge >= 0.3 is 0 Å². The number of carbonyl (C=O) groups excluding carboxylic acids is 1. The minimum atomic E-state index is 0.0815. The molecule has 2 aromatic carbocycles. The lowest BCUT2D eigenvalue weighted by molar-refractivity contribution is -0.116. The first-order valence-electron chi connectivity index (χ1n) is 10.6. The third-order valence-corrected chi connectivity index (χ3v) is 6.57. The Labute approximate surface area is 191 Å². The van der Waals surface area contributed by atoms with Crippen molar-refractivity contribution in [2.24, 2.45) is 0 Å². The van der Waals surface area contributed by atoms with Crippen molar-refractivity contribution in [2.45, 2.75) is 25.4 Å². The summed E-state index contributed by atoms with van der Waals surface area (Å²) in [5.41, 5.74) is 6.44. The molecule has 2 aromatic heterocycles. The molecule has 0 unspecified atom stereocenters. The lowest BCUT2D eigenvalue weighted by Gasteiger charge is -2.17. The average molecular weight is 442 g/mol. The first kappa shape index (κ1) is 20.5. The van der Waals surface area contributed by atoms with Gasteiger partial charge in [0.2, 0.25) is 5.91 Å². The molecule has 6 nitrogen and oxygen atoms in total. The molecular weight excluding hydrogens is 418 g/mol. The van der Waals surface area contributed by atoms with Gasteiger partial charge < -0.3 is 4.90 Å². The van der Waals surface area contributed by atoms with Crippen molar-refractivity contribution in [3.63, 3.8) is 0 Å². The fourth-order valence-electron chi connectivity index (χ4n) is 4.12. The standard InChI is InChI=1S/C25H23N5OS/c1-17-9-10-21(18(2)14-17)30-24(20-7-5-12-26-15-20)27-28-25(30)32-16-23(31)29-13-11-19-6-3-4-8-22(19)29/h3-10,12,14-15H,11,13,16H2,1-2H3. The quantitative estimate of drug-likeness (QED) is 0.423. The van der Waals surface area contributed by atoms with Gasteiger partial charge in [0.25, 0.3) is 0 Å². The van der Waals surface area contributed by atoms with Crippen molar-refractivity contribution in [3.8, 4) is 17.1 Å². The molecule has 3 heterocycles. The molecule has 1 aliphatic rings. The van der Waals surface area contributed by atoms with E-state index in [2.05, 4.69) is 53.3 Å². The molecule has 4 aromatic rings. The number of aryl methyl sites for hydroxylation is 2. The Kier molecular flexibility index (Phi) is 5.49. The van der Waals surface area contributed by atoms with Crippen LogP contribution in [-0.2, 0) is 11.2 Å². The van der Waals surface area contributed by atoms with Crippen LogP contribution in [0.15, 0.2) is 72.1 Å². The lowest BCUT2D eigenvalue weighted by atomic mass is 10.1. The molecule has 7 heteroatoms. The number of nitrogens with zero attached hydrogens (tertiary/aromatic N) is 5. The number of carbonyl (C=O) groups is 1. The van der Waals surface area contributed by atoms with Crippen LogP contribution in [0.25, 0.3) is 17.1 Å². The van der Waals surface area contributed by atoms with Gasteiger partial charge in [-0.05, 0) is 55.7 Å². The minimum absolute atomic E-state index is 0.0815. The highest BCUT2D eigenvalue weighted by molar-refractivity contribution is 7.99. The number of anilines is 1. The van der Waals surface area contributed by atoms with Crippen molar-refractivity contribution >= 4 is 23.4 Å². The van der Waals surface area contributed by atoms with E-state index in [4.69, 9.17) is 0 Å². The lowest BCUT2D eigenvalue weighted by Crippen LogP contribution is -2.30. The smallest absolute Gasteiger partial charge is 0.237 e. The summed E-state index contributed by atoms with van der Waals surface area (Å²) in [6.45, 7) is 4.88. The Hall–Kier alpha value is -3.45. The van der Waals surface area contributed by atoms with Crippen LogP contribution in [0.2, 0.25) is 0 Å². The van der Waals surface area contributed by atoms with Crippen molar-refractivity contribution in [3.05, 3.63) is 83.7 Å². The van der Waals surface area contributed by atoms with E-state index in [1.54, 1.807) is 12.4 Å². The molecule has 0 saturated carbocycles. The van der Waals surface area contributed by atoms with Gasteiger partial charge in [0, 0.05) is 30.2 Å². The highest BCUT2D eigenvalue weighted by Crippen LogP contribution is 2.32. The molecule has 160 valence electrons. The molecule has 0 aliphatic carbocycles. The van der Waals surface area contributed by atoms with Crippen molar-refractivity contribution in [1.82, 2.24) is 19.7 Å². The van der Waals surface area contributed by atoms with Gasteiger partial charge in [-0.15, -0.1) is 10.2 Å². The van der Waals surface area contributed by atoms with Gasteiger partial charge in [-0.25, -0.2) is 0 Å². The molecule has 0 bridgehead atoms. The summed E-state index contributed by atoms with van der Waals surface area (Å²) in [6, 6.07) is 18.3. The zero-order valence-electron chi connectivity index (χ0n) is 18.0. The van der Waals surface area contributed by atoms with Crippen molar-refractivity contribution in [2.75, 3.05) is 17.2 Å². The van der Waals surface area contributed by atoms with Crippen LogP contribution in [0.1, 0.15) is 16.7 Å². The van der Waals surface area contributed by atoms with E-state index in [0.29, 0.717) is 16.7 Å². The summed E-state index contributed by atoms with van der Waals surface area (Å²) in [4.78, 5) is 19.2. The molecule has 32 heavy (non-hydrogen) atoms. The van der Waals surface area contributed by atoms with Gasteiger partial charge in [-0.1, -0.05) is 47.7 Å². The first-order valence-corrected chi connectivity index (χ1v) is 11.5. The number of pyridine rings is 1. The number of rotatable bonds is 5. The van der Waals surface area contributed by atoms with Crippen molar-refractivity contribution in [1.29, 1.82) is 0 Å². The third-order valence-electron chi connectivity index (χ3n) is 5.66. The number of amides is 1. The van der Waals surface area contributed by atoms with E-state index in [1.807, 2.05) is 39.8 Å². The third kappa shape index (κ3) is 3.80. The minimum Gasteiger partial charge on any atom is -0.311 e. The summed E-state index contributed by atoms with van der Waals surface area (Å²) < 4.78 is 2.03. The van der Waals surface area contributed by atoms with Crippen LogP contribution in [0, 0.1) is 13.8 Å². The second-order valence-electron chi connectivity index (χ2n) is 7.89. The number of para-hydroxylation sites is 1. The Morgan fingerprint density at radius 3 is 2.72 bits per heavy atom. The predicted molar refractivity (Wildman–Crippen MR) is 127 cm³/mol. The second-order valence-corrected chi connectivity index (χ2v) is 8.83. The number of hydrogen-bond donors (Lipinski definition) is 0. The maximum absolute atomic E-state index is 13.1. The Morgan fingerprint density at radius 1 is 1.03 bits per heavy atom. The maximum Gasteiger partial charge on any atom is 0.237 e. The van der Waals surface area contributed by atoms with Crippen LogP contribution < -0.4 is 4.90 Å². The second kappa shape index (κ2) is 8.59. The topological polar surface area (TPSA) is 63.9 Å². The number of thioether (sulfide) groups is 1. The average Bonchev–Trinajstić information content (AvgIpc) is 3.43. The zero-order chi connectivity index (χ0) is 22.1. The van der Waals surface area contributed by atoms with Gasteiger partial charge in [-0.3, -0.25) is 14.3 Å². The Bertz CT molecular complexity index is 1280. The highest BCUT2D eigenvalue weighted by atomic mass is 32.2. The summed E-state index contributed by atoms with van der Waals surface area (Å²) in [5.74, 6) is 1.09.